The van der Waals surface area contributed by atoms with Crippen molar-refractivity contribution < 1.29 is 9.53 Å². The van der Waals surface area contributed by atoms with Gasteiger partial charge in [0.05, 0.1) is 23.7 Å². The fourth-order valence-corrected chi connectivity index (χ4v) is 2.77. The van der Waals surface area contributed by atoms with Gasteiger partial charge < -0.3 is 14.7 Å². The van der Waals surface area contributed by atoms with Crippen LogP contribution in [0.1, 0.15) is 10.4 Å². The normalized spacial score (nSPS) is 11.0. The van der Waals surface area contributed by atoms with Crippen LogP contribution < -0.4 is 5.56 Å². The molecule has 0 saturated heterocycles. The van der Waals surface area contributed by atoms with E-state index in [2.05, 4.69) is 15.0 Å². The Bertz CT molecular complexity index is 1140. The lowest BCUT2D eigenvalue weighted by Gasteiger charge is -2.03. The highest BCUT2D eigenvalue weighted by Crippen LogP contribution is 2.27. The second-order valence-electron chi connectivity index (χ2n) is 5.39. The van der Waals surface area contributed by atoms with Crippen molar-refractivity contribution in [3.05, 3.63) is 64.6 Å². The van der Waals surface area contributed by atoms with E-state index in [9.17, 15) is 9.59 Å². The van der Waals surface area contributed by atoms with E-state index >= 15 is 0 Å². The first-order chi connectivity index (χ1) is 11.7. The van der Waals surface area contributed by atoms with E-state index in [4.69, 9.17) is 4.74 Å². The molecule has 0 unspecified atom stereocenters. The summed E-state index contributed by atoms with van der Waals surface area (Å²) in [6.45, 7) is 0. The summed E-state index contributed by atoms with van der Waals surface area (Å²) in [7, 11) is 1.33. The number of nitrogens with one attached hydrogen (secondary N) is 2. The lowest BCUT2D eigenvalue weighted by Crippen LogP contribution is -2.11. The lowest BCUT2D eigenvalue weighted by atomic mass is 10.1. The Morgan fingerprint density at radius 1 is 1.12 bits per heavy atom. The summed E-state index contributed by atoms with van der Waals surface area (Å²) < 4.78 is 4.76. The monoisotopic (exact) mass is 319 g/mol. The van der Waals surface area contributed by atoms with Crippen molar-refractivity contribution in [2.24, 2.45) is 0 Å². The summed E-state index contributed by atoms with van der Waals surface area (Å²) in [6, 6.07) is 12.5. The molecule has 0 aliphatic rings. The Morgan fingerprint density at radius 2 is 1.96 bits per heavy atom. The second kappa shape index (κ2) is 5.34. The van der Waals surface area contributed by atoms with Gasteiger partial charge in [0, 0.05) is 22.7 Å². The van der Waals surface area contributed by atoms with Crippen LogP contribution in [-0.4, -0.2) is 28.0 Å². The van der Waals surface area contributed by atoms with E-state index in [1.165, 1.54) is 7.11 Å². The zero-order valence-corrected chi connectivity index (χ0v) is 12.8. The molecule has 0 aliphatic heterocycles. The summed E-state index contributed by atoms with van der Waals surface area (Å²) in [6.07, 6.45) is 1.72. The molecule has 0 radical (unpaired) electrons. The molecule has 0 spiro atoms. The number of carbonyl (C=O) groups is 1. The van der Waals surface area contributed by atoms with Crippen molar-refractivity contribution in [2.45, 2.75) is 0 Å². The predicted molar refractivity (Wildman–Crippen MR) is 91.0 cm³/mol. The Kier molecular flexibility index (Phi) is 3.16. The molecule has 0 saturated carbocycles. The van der Waals surface area contributed by atoms with Gasteiger partial charge in [-0.05, 0) is 30.3 Å². The third kappa shape index (κ3) is 2.16. The maximum Gasteiger partial charge on any atom is 0.337 e. The van der Waals surface area contributed by atoms with Crippen LogP contribution in [-0.2, 0) is 4.74 Å². The number of para-hydroxylation sites is 2. The van der Waals surface area contributed by atoms with Gasteiger partial charge in [0.2, 0.25) is 0 Å². The minimum absolute atomic E-state index is 0.280. The fraction of sp³-hybridized carbons (Fsp3) is 0.0556. The molecular formula is C18H13N3O3. The van der Waals surface area contributed by atoms with Crippen LogP contribution in [0.3, 0.4) is 0 Å². The minimum atomic E-state index is -0.426. The average molecular weight is 319 g/mol. The number of fused-ring (bicyclic) bond motifs is 2. The number of carbonyl (C=O) groups excluding carboxylic acids is 1. The zero-order valence-electron chi connectivity index (χ0n) is 12.8. The smallest absolute Gasteiger partial charge is 0.337 e. The Morgan fingerprint density at radius 3 is 2.79 bits per heavy atom. The fourth-order valence-electron chi connectivity index (χ4n) is 2.77. The van der Waals surface area contributed by atoms with Crippen LogP contribution in [0.4, 0.5) is 0 Å². The Hall–Kier alpha value is -3.41. The van der Waals surface area contributed by atoms with Crippen molar-refractivity contribution >= 4 is 27.9 Å². The van der Waals surface area contributed by atoms with Crippen LogP contribution in [0, 0.1) is 0 Å². The summed E-state index contributed by atoms with van der Waals surface area (Å²) in [4.78, 5) is 34.6. The van der Waals surface area contributed by atoms with E-state index in [1.807, 2.05) is 18.2 Å². The van der Waals surface area contributed by atoms with Gasteiger partial charge >= 0.3 is 5.97 Å². The molecule has 0 fully saturated rings. The number of nitrogens with zero attached hydrogens (tertiary/aromatic N) is 1. The van der Waals surface area contributed by atoms with Gasteiger partial charge in [0.25, 0.3) is 5.56 Å². The molecule has 6 heteroatoms. The highest BCUT2D eigenvalue weighted by molar-refractivity contribution is 6.00. The molecule has 118 valence electrons. The number of hydrogen-bond donors (Lipinski definition) is 2. The SMILES string of the molecule is COC(=O)c1ccc2[nH]cc(-c3nc4ccccc4[nH]c3=O)c2c1. The maximum absolute atomic E-state index is 12.4. The molecule has 0 amide bonds. The van der Waals surface area contributed by atoms with E-state index < -0.39 is 5.97 Å². The number of ether oxygens (including phenoxy) is 1. The number of H-pyrrole nitrogens is 2. The summed E-state index contributed by atoms with van der Waals surface area (Å²) in [5, 5.41) is 0.742. The molecule has 0 bridgehead atoms. The van der Waals surface area contributed by atoms with Gasteiger partial charge in [-0.3, -0.25) is 4.79 Å². The van der Waals surface area contributed by atoms with E-state index in [-0.39, 0.29) is 5.56 Å². The van der Waals surface area contributed by atoms with Crippen molar-refractivity contribution in [1.82, 2.24) is 15.0 Å². The second-order valence-corrected chi connectivity index (χ2v) is 5.39. The van der Waals surface area contributed by atoms with Crippen LogP contribution in [0.15, 0.2) is 53.5 Å². The molecule has 2 N–H and O–H groups in total. The molecule has 0 atom stereocenters. The van der Waals surface area contributed by atoms with E-state index in [1.54, 1.807) is 30.5 Å². The number of aromatic amines is 2. The third-order valence-electron chi connectivity index (χ3n) is 3.96. The van der Waals surface area contributed by atoms with E-state index in [0.29, 0.717) is 27.9 Å². The van der Waals surface area contributed by atoms with Gasteiger partial charge in [0.15, 0.2) is 0 Å². The van der Waals surface area contributed by atoms with Crippen molar-refractivity contribution in [3.63, 3.8) is 0 Å². The molecule has 2 aromatic carbocycles. The number of aromatic nitrogens is 3. The topological polar surface area (TPSA) is 87.8 Å². The van der Waals surface area contributed by atoms with Gasteiger partial charge in [-0.1, -0.05) is 12.1 Å². The molecule has 4 rings (SSSR count). The molecule has 2 aromatic heterocycles. The molecule has 0 aliphatic carbocycles. The van der Waals surface area contributed by atoms with E-state index in [0.717, 1.165) is 10.9 Å². The van der Waals surface area contributed by atoms with Crippen molar-refractivity contribution in [1.29, 1.82) is 0 Å². The van der Waals surface area contributed by atoms with Crippen LogP contribution in [0.5, 0.6) is 0 Å². The van der Waals surface area contributed by atoms with Gasteiger partial charge in [-0.25, -0.2) is 9.78 Å². The number of rotatable bonds is 2. The first-order valence-electron chi connectivity index (χ1n) is 7.36. The minimum Gasteiger partial charge on any atom is -0.465 e. The standard InChI is InChI=1S/C18H13N3O3/c1-24-18(23)10-6-7-13-11(8-10)12(9-19-13)16-17(22)21-15-5-3-2-4-14(15)20-16/h2-9,19H,1H3,(H,21,22). The quantitative estimate of drug-likeness (QED) is 0.556. The number of esters is 1. The van der Waals surface area contributed by atoms with Crippen LogP contribution in [0.25, 0.3) is 33.2 Å². The predicted octanol–water partition coefficient (Wildman–Crippen LogP) is 2.86. The molecule has 4 aromatic rings. The van der Waals surface area contributed by atoms with Crippen LogP contribution >= 0.6 is 0 Å². The van der Waals surface area contributed by atoms with Gasteiger partial charge in [-0.15, -0.1) is 0 Å². The zero-order chi connectivity index (χ0) is 16.7. The van der Waals surface area contributed by atoms with Crippen LogP contribution in [0.2, 0.25) is 0 Å². The van der Waals surface area contributed by atoms with Crippen molar-refractivity contribution in [2.75, 3.05) is 7.11 Å². The largest absolute Gasteiger partial charge is 0.465 e. The molecule has 2 heterocycles. The summed E-state index contributed by atoms with van der Waals surface area (Å²) >= 11 is 0. The summed E-state index contributed by atoms with van der Waals surface area (Å²) in [5.41, 5.74) is 3.28. The molecule has 6 nitrogen and oxygen atoms in total. The highest BCUT2D eigenvalue weighted by atomic mass is 16.5. The first kappa shape index (κ1) is 14.2. The number of methoxy groups -OCH3 is 1. The van der Waals surface area contributed by atoms with Gasteiger partial charge in [0.1, 0.15) is 5.69 Å². The Balaban J connectivity index is 1.98. The molecule has 24 heavy (non-hydrogen) atoms. The first-order valence-corrected chi connectivity index (χ1v) is 7.36. The number of benzene rings is 2. The lowest BCUT2D eigenvalue weighted by molar-refractivity contribution is 0.0601. The van der Waals surface area contributed by atoms with Gasteiger partial charge in [-0.2, -0.15) is 0 Å². The summed E-state index contributed by atoms with van der Waals surface area (Å²) in [5.74, 6) is -0.426. The maximum atomic E-state index is 12.4. The number of hydrogen-bond acceptors (Lipinski definition) is 4. The highest BCUT2D eigenvalue weighted by Gasteiger charge is 2.14. The molecular weight excluding hydrogens is 306 g/mol. The third-order valence-corrected chi connectivity index (χ3v) is 3.96. The average Bonchev–Trinajstić information content (AvgIpc) is 3.03. The Labute approximate surface area is 136 Å². The van der Waals surface area contributed by atoms with Crippen molar-refractivity contribution in [3.8, 4) is 11.3 Å².